The van der Waals surface area contributed by atoms with Crippen LogP contribution in [0.1, 0.15) is 83.3 Å². The van der Waals surface area contributed by atoms with Crippen LogP contribution < -0.4 is 37.6 Å². The molecule has 2 aromatic rings. The third-order valence-electron chi connectivity index (χ3n) is 9.50. The molecule has 16 nitrogen and oxygen atoms in total. The number of aliphatic carboxylic acids is 1. The summed E-state index contributed by atoms with van der Waals surface area (Å²) in [6.45, 7) is 6.03. The lowest BCUT2D eigenvalue weighted by Crippen LogP contribution is -2.60. The molecule has 0 aromatic heterocycles. The summed E-state index contributed by atoms with van der Waals surface area (Å²) < 4.78 is 0. The van der Waals surface area contributed by atoms with Crippen LogP contribution in [-0.4, -0.2) is 107 Å². The summed E-state index contributed by atoms with van der Waals surface area (Å²) in [5.41, 5.74) is 6.85. The highest BCUT2D eigenvalue weighted by molar-refractivity contribution is 7.98. The lowest BCUT2D eigenvalue weighted by molar-refractivity contribution is -0.142. The van der Waals surface area contributed by atoms with Gasteiger partial charge in [0.15, 0.2) is 0 Å². The van der Waals surface area contributed by atoms with Crippen molar-refractivity contribution in [3.05, 3.63) is 65.7 Å². The molecule has 6 amide bonds. The van der Waals surface area contributed by atoms with E-state index in [0.29, 0.717) is 61.9 Å². The van der Waals surface area contributed by atoms with Crippen LogP contribution in [0.25, 0.3) is 0 Å². The predicted molar refractivity (Wildman–Crippen MR) is 227 cm³/mol. The SMILES string of the molecule is CCCC[C@H](NC(=O)[C@H](Cc1ccccc1)NC(=O)[C@H](CC(C)C)NC(=O)[C@H](CCSC)NC=O)C(=O)N[C@@H](Cc1ccc(O)cc1)C(=O)N[C@@H](CCCCN)C(=O)O. The van der Waals surface area contributed by atoms with Gasteiger partial charge in [0.2, 0.25) is 35.9 Å². The molecule has 0 aliphatic rings. The second-order valence-corrected chi connectivity index (χ2v) is 15.9. The molecule has 0 heterocycles. The summed E-state index contributed by atoms with van der Waals surface area (Å²) in [7, 11) is 0. The van der Waals surface area contributed by atoms with Crippen molar-refractivity contribution in [2.24, 2.45) is 11.7 Å². The van der Waals surface area contributed by atoms with Crippen LogP contribution in [0.15, 0.2) is 54.6 Å². The van der Waals surface area contributed by atoms with E-state index in [1.807, 2.05) is 27.0 Å². The molecule has 0 aliphatic heterocycles. The Labute approximate surface area is 351 Å². The summed E-state index contributed by atoms with van der Waals surface area (Å²) in [6.07, 6.45) is 5.36. The minimum absolute atomic E-state index is 0.00714. The van der Waals surface area contributed by atoms with E-state index in [9.17, 15) is 43.8 Å². The van der Waals surface area contributed by atoms with Crippen LogP contribution in [-0.2, 0) is 46.4 Å². The lowest BCUT2D eigenvalue weighted by atomic mass is 10.00. The Hall–Kier alpha value is -5.16. The highest BCUT2D eigenvalue weighted by Crippen LogP contribution is 2.14. The van der Waals surface area contributed by atoms with Crippen molar-refractivity contribution in [3.8, 4) is 5.75 Å². The van der Waals surface area contributed by atoms with Crippen LogP contribution in [0.2, 0.25) is 0 Å². The highest BCUT2D eigenvalue weighted by Gasteiger charge is 2.33. The minimum atomic E-state index is -1.27. The molecule has 0 spiro atoms. The first-order valence-electron chi connectivity index (χ1n) is 20.2. The van der Waals surface area contributed by atoms with Gasteiger partial charge in [-0.2, -0.15) is 11.8 Å². The third-order valence-corrected chi connectivity index (χ3v) is 10.1. The van der Waals surface area contributed by atoms with Crippen molar-refractivity contribution in [3.63, 3.8) is 0 Å². The van der Waals surface area contributed by atoms with Crippen LogP contribution in [0.3, 0.4) is 0 Å². The first-order valence-corrected chi connectivity index (χ1v) is 21.6. The van der Waals surface area contributed by atoms with E-state index in [2.05, 4.69) is 31.9 Å². The fourth-order valence-corrected chi connectivity index (χ4v) is 6.71. The second-order valence-electron chi connectivity index (χ2n) is 14.9. The molecule has 326 valence electrons. The molecule has 0 bridgehead atoms. The Kier molecular flexibility index (Phi) is 23.3. The van der Waals surface area contributed by atoms with Crippen molar-refractivity contribution in [1.82, 2.24) is 31.9 Å². The van der Waals surface area contributed by atoms with Gasteiger partial charge in [-0.25, -0.2) is 4.79 Å². The number of nitrogens with two attached hydrogens (primary N) is 1. The Balaban J connectivity index is 2.42. The summed E-state index contributed by atoms with van der Waals surface area (Å²) in [4.78, 5) is 92.5. The van der Waals surface area contributed by atoms with Gasteiger partial charge in [0, 0.05) is 12.8 Å². The highest BCUT2D eigenvalue weighted by atomic mass is 32.2. The molecular weight excluding hydrogens is 779 g/mol. The number of phenols is 1. The van der Waals surface area contributed by atoms with E-state index < -0.39 is 71.8 Å². The zero-order valence-corrected chi connectivity index (χ0v) is 35.4. The van der Waals surface area contributed by atoms with Crippen molar-refractivity contribution < 1.29 is 43.8 Å². The number of carboxylic acids is 1. The quantitative estimate of drug-likeness (QED) is 0.0422. The number of nitrogens with one attached hydrogen (secondary N) is 6. The monoisotopic (exact) mass is 841 g/mol. The van der Waals surface area contributed by atoms with Crippen molar-refractivity contribution >= 4 is 53.7 Å². The van der Waals surface area contributed by atoms with Gasteiger partial charge in [0.1, 0.15) is 42.0 Å². The Morgan fingerprint density at radius 2 is 1.15 bits per heavy atom. The van der Waals surface area contributed by atoms with Gasteiger partial charge >= 0.3 is 5.97 Å². The predicted octanol–water partition coefficient (Wildman–Crippen LogP) is 1.92. The Morgan fingerprint density at radius 1 is 0.661 bits per heavy atom. The minimum Gasteiger partial charge on any atom is -0.508 e. The number of hydrogen-bond acceptors (Lipinski definition) is 10. The molecule has 17 heteroatoms. The van der Waals surface area contributed by atoms with Crippen LogP contribution in [0.5, 0.6) is 5.75 Å². The molecule has 0 saturated heterocycles. The zero-order valence-electron chi connectivity index (χ0n) is 34.5. The first kappa shape index (κ1) is 50.0. The van der Waals surface area contributed by atoms with Crippen molar-refractivity contribution in [1.29, 1.82) is 0 Å². The largest absolute Gasteiger partial charge is 0.508 e. The Bertz CT molecular complexity index is 1630. The number of rotatable bonds is 29. The number of amides is 6. The topological polar surface area (TPSA) is 258 Å². The number of thioether (sulfide) groups is 1. The van der Waals surface area contributed by atoms with Crippen molar-refractivity contribution in [2.45, 2.75) is 121 Å². The third kappa shape index (κ3) is 19.0. The first-order chi connectivity index (χ1) is 28.2. The van der Waals surface area contributed by atoms with Gasteiger partial charge in [-0.3, -0.25) is 28.8 Å². The lowest BCUT2D eigenvalue weighted by Gasteiger charge is -2.28. The summed E-state index contributed by atoms with van der Waals surface area (Å²) in [6, 6.07) is 8.16. The maximum Gasteiger partial charge on any atom is 0.326 e. The van der Waals surface area contributed by atoms with Gasteiger partial charge in [-0.15, -0.1) is 0 Å². The average molecular weight is 842 g/mol. The van der Waals surface area contributed by atoms with Crippen molar-refractivity contribution in [2.75, 3.05) is 18.6 Å². The maximum atomic E-state index is 14.2. The fraction of sp³-hybridized carbons (Fsp3) is 0.548. The summed E-state index contributed by atoms with van der Waals surface area (Å²) in [5.74, 6) is -4.00. The molecule has 10 N–H and O–H groups in total. The number of unbranched alkanes of at least 4 members (excludes halogenated alkanes) is 2. The van der Waals surface area contributed by atoms with Crippen LogP contribution in [0.4, 0.5) is 0 Å². The molecular formula is C42H63N7O9S. The van der Waals surface area contributed by atoms with E-state index in [1.165, 1.54) is 23.9 Å². The number of hydrogen-bond donors (Lipinski definition) is 9. The smallest absolute Gasteiger partial charge is 0.326 e. The van der Waals surface area contributed by atoms with E-state index in [0.717, 1.165) is 0 Å². The molecule has 2 aromatic carbocycles. The zero-order chi connectivity index (χ0) is 43.7. The molecule has 0 fully saturated rings. The number of carboxylic acid groups (broad SMARTS) is 1. The van der Waals surface area contributed by atoms with Gasteiger partial charge in [0.05, 0.1) is 0 Å². The number of carbonyl (C=O) groups is 7. The molecule has 0 aliphatic carbocycles. The average Bonchev–Trinajstić information content (AvgIpc) is 3.20. The van der Waals surface area contributed by atoms with Gasteiger partial charge < -0.3 is 47.8 Å². The number of benzene rings is 2. The molecule has 0 unspecified atom stereocenters. The molecule has 2 rings (SSSR count). The number of aromatic hydroxyl groups is 1. The van der Waals surface area contributed by atoms with E-state index in [-0.39, 0.29) is 43.8 Å². The molecule has 6 atom stereocenters. The van der Waals surface area contributed by atoms with E-state index in [4.69, 9.17) is 5.73 Å². The fourth-order valence-electron chi connectivity index (χ4n) is 6.24. The van der Waals surface area contributed by atoms with Gasteiger partial charge in [-0.05, 0) is 86.3 Å². The standard InChI is InChI=1S/C42H63N7O9S/c1-5-6-14-32(38(53)48-36(25-29-16-18-30(51)19-17-29)41(56)46-33(42(57)58)15-10-11-21-43)45-40(55)35(24-28-12-8-7-9-13-28)49-39(54)34(23-27(2)3)47-37(52)31(44-26-50)20-22-59-4/h7-9,12-13,16-19,26-27,31-36,51H,5-6,10-11,14-15,20-25,43H2,1-4H3,(H,44,50)(H,45,55)(H,46,56)(H,47,52)(H,48,53)(H,49,54)(H,57,58)/t31-,32-,33-,34-,35-,36-/m0/s1. The molecule has 59 heavy (non-hydrogen) atoms. The summed E-state index contributed by atoms with van der Waals surface area (Å²) in [5, 5.41) is 35.8. The van der Waals surface area contributed by atoms with Crippen LogP contribution >= 0.6 is 11.8 Å². The maximum absolute atomic E-state index is 14.2. The van der Waals surface area contributed by atoms with Gasteiger partial charge in [-0.1, -0.05) is 76.1 Å². The Morgan fingerprint density at radius 3 is 1.68 bits per heavy atom. The van der Waals surface area contributed by atoms with E-state index in [1.54, 1.807) is 42.5 Å². The second kappa shape index (κ2) is 27.5. The van der Waals surface area contributed by atoms with Gasteiger partial charge in [0.25, 0.3) is 0 Å². The van der Waals surface area contributed by atoms with Crippen LogP contribution in [0, 0.1) is 5.92 Å². The molecule has 0 radical (unpaired) electrons. The summed E-state index contributed by atoms with van der Waals surface area (Å²) >= 11 is 1.50. The molecule has 0 saturated carbocycles. The number of carbonyl (C=O) groups excluding carboxylic acids is 6. The van der Waals surface area contributed by atoms with E-state index >= 15 is 0 Å². The number of phenolic OH excluding ortho intramolecular Hbond substituents is 1. The normalized spacial score (nSPS) is 14.1.